The van der Waals surface area contributed by atoms with Crippen molar-refractivity contribution < 1.29 is 9.47 Å². The Bertz CT molecular complexity index is 329. The first-order valence-electron chi connectivity index (χ1n) is 5.75. The summed E-state index contributed by atoms with van der Waals surface area (Å²) in [6, 6.07) is 3.90. The van der Waals surface area contributed by atoms with Crippen molar-refractivity contribution in [3.05, 3.63) is 36.5 Å². The number of rotatable bonds is 9. The molecule has 1 rings (SSSR count). The van der Waals surface area contributed by atoms with Crippen molar-refractivity contribution in [2.75, 3.05) is 26.9 Å². The molecule has 4 nitrogen and oxygen atoms in total. The van der Waals surface area contributed by atoms with Gasteiger partial charge in [0, 0.05) is 24.8 Å². The highest BCUT2D eigenvalue weighted by atomic mass is 16.5. The van der Waals surface area contributed by atoms with Gasteiger partial charge in [-0.1, -0.05) is 12.1 Å². The molecular weight excluding hydrogens is 216 g/mol. The van der Waals surface area contributed by atoms with E-state index < -0.39 is 0 Å². The monoisotopic (exact) mass is 236 g/mol. The summed E-state index contributed by atoms with van der Waals surface area (Å²) in [7, 11) is 1.63. The summed E-state index contributed by atoms with van der Waals surface area (Å²) in [5.74, 6) is 0.674. The van der Waals surface area contributed by atoms with Gasteiger partial charge in [0.2, 0.25) is 5.88 Å². The molecule has 0 atom stereocenters. The second-order valence-corrected chi connectivity index (χ2v) is 3.54. The zero-order valence-electron chi connectivity index (χ0n) is 10.3. The van der Waals surface area contributed by atoms with Gasteiger partial charge in [-0.25, -0.2) is 4.98 Å². The van der Waals surface area contributed by atoms with Gasteiger partial charge in [-0.3, -0.25) is 0 Å². The topological polar surface area (TPSA) is 43.4 Å². The molecule has 4 heteroatoms. The van der Waals surface area contributed by atoms with Crippen molar-refractivity contribution in [2.24, 2.45) is 0 Å². The van der Waals surface area contributed by atoms with E-state index in [2.05, 4.69) is 16.9 Å². The van der Waals surface area contributed by atoms with E-state index in [1.54, 1.807) is 13.3 Å². The molecule has 0 aromatic carbocycles. The van der Waals surface area contributed by atoms with Crippen LogP contribution in [-0.4, -0.2) is 31.9 Å². The molecule has 0 unspecified atom stereocenters. The largest absolute Gasteiger partial charge is 0.481 e. The Labute approximate surface area is 103 Å². The summed E-state index contributed by atoms with van der Waals surface area (Å²) < 4.78 is 10.5. The van der Waals surface area contributed by atoms with Crippen LogP contribution < -0.4 is 10.1 Å². The van der Waals surface area contributed by atoms with Crippen LogP contribution in [0.2, 0.25) is 0 Å². The number of pyridine rings is 1. The van der Waals surface area contributed by atoms with Crippen LogP contribution in [0.3, 0.4) is 0 Å². The van der Waals surface area contributed by atoms with E-state index in [0.717, 1.165) is 31.7 Å². The van der Waals surface area contributed by atoms with Crippen molar-refractivity contribution in [3.63, 3.8) is 0 Å². The predicted molar refractivity (Wildman–Crippen MR) is 68.1 cm³/mol. The molecule has 94 valence electrons. The Morgan fingerprint density at radius 1 is 1.47 bits per heavy atom. The number of nitrogens with one attached hydrogen (secondary N) is 1. The Morgan fingerprint density at radius 2 is 2.35 bits per heavy atom. The van der Waals surface area contributed by atoms with E-state index in [1.807, 2.05) is 18.2 Å². The number of aromatic nitrogens is 1. The summed E-state index contributed by atoms with van der Waals surface area (Å²) >= 11 is 0. The van der Waals surface area contributed by atoms with E-state index >= 15 is 0 Å². The molecule has 0 aliphatic heterocycles. The number of nitrogens with zero attached hydrogens (tertiary/aromatic N) is 1. The SMILES string of the molecule is C=CCCOCCNCc1cccnc1OC. The van der Waals surface area contributed by atoms with Crippen LogP contribution in [0.15, 0.2) is 31.0 Å². The average Bonchev–Trinajstić information content (AvgIpc) is 2.38. The van der Waals surface area contributed by atoms with Crippen LogP contribution in [-0.2, 0) is 11.3 Å². The number of ether oxygens (including phenoxy) is 2. The lowest BCUT2D eigenvalue weighted by molar-refractivity contribution is 0.140. The highest BCUT2D eigenvalue weighted by Crippen LogP contribution is 2.12. The van der Waals surface area contributed by atoms with Crippen molar-refractivity contribution >= 4 is 0 Å². The normalized spacial score (nSPS) is 10.2. The molecule has 0 amide bonds. The third kappa shape index (κ3) is 5.47. The summed E-state index contributed by atoms with van der Waals surface area (Å²) in [6.45, 7) is 6.63. The van der Waals surface area contributed by atoms with Crippen LogP contribution in [0, 0.1) is 0 Å². The van der Waals surface area contributed by atoms with Crippen molar-refractivity contribution in [2.45, 2.75) is 13.0 Å². The maximum atomic E-state index is 5.39. The van der Waals surface area contributed by atoms with Crippen LogP contribution in [0.1, 0.15) is 12.0 Å². The van der Waals surface area contributed by atoms with E-state index in [-0.39, 0.29) is 0 Å². The molecule has 0 aliphatic rings. The van der Waals surface area contributed by atoms with Gasteiger partial charge in [0.15, 0.2) is 0 Å². The van der Waals surface area contributed by atoms with E-state index in [1.165, 1.54) is 0 Å². The average molecular weight is 236 g/mol. The third-order valence-corrected chi connectivity index (χ3v) is 2.25. The molecule has 0 spiro atoms. The van der Waals surface area contributed by atoms with Gasteiger partial charge in [-0.2, -0.15) is 0 Å². The molecule has 1 N–H and O–H groups in total. The molecule has 0 bridgehead atoms. The lowest BCUT2D eigenvalue weighted by Gasteiger charge is -2.08. The van der Waals surface area contributed by atoms with Crippen LogP contribution in [0.5, 0.6) is 5.88 Å². The van der Waals surface area contributed by atoms with Gasteiger partial charge in [-0.05, 0) is 12.5 Å². The standard InChI is InChI=1S/C13H20N2O2/c1-3-4-9-17-10-8-14-11-12-6-5-7-15-13(12)16-2/h3,5-7,14H,1,4,8-11H2,2H3. The minimum atomic E-state index is 0.674. The van der Waals surface area contributed by atoms with Crippen LogP contribution in [0.25, 0.3) is 0 Å². The van der Waals surface area contributed by atoms with Gasteiger partial charge < -0.3 is 14.8 Å². The molecule has 1 aromatic rings. The summed E-state index contributed by atoms with van der Waals surface area (Å²) in [4.78, 5) is 4.13. The quantitative estimate of drug-likeness (QED) is 0.524. The fourth-order valence-electron chi connectivity index (χ4n) is 1.38. The summed E-state index contributed by atoms with van der Waals surface area (Å²) in [5, 5.41) is 3.28. The fourth-order valence-corrected chi connectivity index (χ4v) is 1.38. The molecule has 1 heterocycles. The van der Waals surface area contributed by atoms with E-state index in [4.69, 9.17) is 9.47 Å². The Balaban J connectivity index is 2.15. The van der Waals surface area contributed by atoms with Gasteiger partial charge in [0.05, 0.1) is 20.3 Å². The first-order valence-corrected chi connectivity index (χ1v) is 5.75. The fraction of sp³-hybridized carbons (Fsp3) is 0.462. The Morgan fingerprint density at radius 3 is 3.12 bits per heavy atom. The minimum absolute atomic E-state index is 0.674. The summed E-state index contributed by atoms with van der Waals surface area (Å²) in [6.07, 6.45) is 4.48. The number of methoxy groups -OCH3 is 1. The zero-order chi connectivity index (χ0) is 12.3. The number of hydrogen-bond acceptors (Lipinski definition) is 4. The van der Waals surface area contributed by atoms with Crippen molar-refractivity contribution in [1.29, 1.82) is 0 Å². The highest BCUT2D eigenvalue weighted by Gasteiger charge is 2.01. The first kappa shape index (κ1) is 13.7. The van der Waals surface area contributed by atoms with E-state index in [0.29, 0.717) is 12.5 Å². The maximum Gasteiger partial charge on any atom is 0.217 e. The molecule has 0 aliphatic carbocycles. The Kier molecular flexibility index (Phi) is 7.02. The van der Waals surface area contributed by atoms with Gasteiger partial charge >= 0.3 is 0 Å². The lowest BCUT2D eigenvalue weighted by atomic mass is 10.2. The minimum Gasteiger partial charge on any atom is -0.481 e. The second-order valence-electron chi connectivity index (χ2n) is 3.54. The predicted octanol–water partition coefficient (Wildman–Crippen LogP) is 1.77. The van der Waals surface area contributed by atoms with Crippen LogP contribution >= 0.6 is 0 Å². The highest BCUT2D eigenvalue weighted by molar-refractivity contribution is 5.24. The summed E-state index contributed by atoms with van der Waals surface area (Å²) in [5.41, 5.74) is 1.06. The van der Waals surface area contributed by atoms with Crippen molar-refractivity contribution in [3.8, 4) is 5.88 Å². The lowest BCUT2D eigenvalue weighted by Crippen LogP contribution is -2.20. The maximum absolute atomic E-state index is 5.39. The number of hydrogen-bond donors (Lipinski definition) is 1. The molecule has 1 aromatic heterocycles. The van der Waals surface area contributed by atoms with Gasteiger partial charge in [0.1, 0.15) is 0 Å². The van der Waals surface area contributed by atoms with E-state index in [9.17, 15) is 0 Å². The molecule has 0 saturated carbocycles. The van der Waals surface area contributed by atoms with Crippen molar-refractivity contribution in [1.82, 2.24) is 10.3 Å². The molecular formula is C13H20N2O2. The smallest absolute Gasteiger partial charge is 0.217 e. The molecule has 0 fully saturated rings. The van der Waals surface area contributed by atoms with Crippen LogP contribution in [0.4, 0.5) is 0 Å². The zero-order valence-corrected chi connectivity index (χ0v) is 10.3. The third-order valence-electron chi connectivity index (χ3n) is 2.25. The van der Waals surface area contributed by atoms with Gasteiger partial charge in [-0.15, -0.1) is 6.58 Å². The molecule has 17 heavy (non-hydrogen) atoms. The second kappa shape index (κ2) is 8.73. The molecule has 0 saturated heterocycles. The van der Waals surface area contributed by atoms with Gasteiger partial charge in [0.25, 0.3) is 0 Å². The molecule has 0 radical (unpaired) electrons. The Hall–Kier alpha value is -1.39. The first-order chi connectivity index (χ1) is 8.38.